The van der Waals surface area contributed by atoms with E-state index in [2.05, 4.69) is 20.8 Å². The highest BCUT2D eigenvalue weighted by Crippen LogP contribution is 2.41. The molecule has 1 N–H and O–H groups in total. The zero-order valence-electron chi connectivity index (χ0n) is 11.7. The normalized spacial score (nSPS) is 20.8. The van der Waals surface area contributed by atoms with Crippen LogP contribution in [0.1, 0.15) is 52.0 Å². The molecule has 0 radical (unpaired) electrons. The maximum Gasteiger partial charge on any atom is 0.121 e. The summed E-state index contributed by atoms with van der Waals surface area (Å²) in [6.07, 6.45) is 4.50. The molecule has 1 aliphatic rings. The van der Waals surface area contributed by atoms with Crippen molar-refractivity contribution in [3.63, 3.8) is 0 Å². The highest BCUT2D eigenvalue weighted by Gasteiger charge is 2.28. The number of aliphatic hydroxyl groups excluding tert-OH is 1. The van der Waals surface area contributed by atoms with Crippen LogP contribution in [0, 0.1) is 11.3 Å². The molecule has 1 aromatic carbocycles. The predicted octanol–water partition coefficient (Wildman–Crippen LogP) is 5.19. The highest BCUT2D eigenvalue weighted by molar-refractivity contribution is 5.61. The Morgan fingerprint density at radius 1 is 1.06 bits per heavy atom. The Kier molecular flexibility index (Phi) is 3.79. The van der Waals surface area contributed by atoms with Gasteiger partial charge in [-0.3, -0.25) is 0 Å². The zero-order chi connectivity index (χ0) is 13.2. The van der Waals surface area contributed by atoms with E-state index < -0.39 is 0 Å². The Bertz CT molecular complexity index is 413. The van der Waals surface area contributed by atoms with Gasteiger partial charge in [-0.25, -0.2) is 0 Å². The van der Waals surface area contributed by atoms with Crippen molar-refractivity contribution >= 4 is 5.76 Å². The third-order valence-corrected chi connectivity index (χ3v) is 4.20. The van der Waals surface area contributed by atoms with Crippen LogP contribution in [0.5, 0.6) is 0 Å². The van der Waals surface area contributed by atoms with Crippen molar-refractivity contribution in [1.82, 2.24) is 0 Å². The van der Waals surface area contributed by atoms with Gasteiger partial charge in [-0.15, -0.1) is 0 Å². The van der Waals surface area contributed by atoms with Crippen LogP contribution < -0.4 is 0 Å². The summed E-state index contributed by atoms with van der Waals surface area (Å²) < 4.78 is 0. The van der Waals surface area contributed by atoms with Crippen molar-refractivity contribution in [3.8, 4) is 0 Å². The summed E-state index contributed by atoms with van der Waals surface area (Å²) in [7, 11) is 0. The third-order valence-electron chi connectivity index (χ3n) is 4.20. The van der Waals surface area contributed by atoms with E-state index in [4.69, 9.17) is 0 Å². The SMILES string of the molecule is CC(C)(C)C1CCC(=C(O)c2ccccc2)CC1. The fourth-order valence-electron chi connectivity index (χ4n) is 2.87. The Morgan fingerprint density at radius 2 is 1.61 bits per heavy atom. The number of benzene rings is 1. The first-order valence-corrected chi connectivity index (χ1v) is 6.95. The fraction of sp³-hybridized carbons (Fsp3) is 0.529. The second-order valence-electron chi connectivity index (χ2n) is 6.46. The van der Waals surface area contributed by atoms with Gasteiger partial charge in [-0.05, 0) is 42.6 Å². The molecule has 2 rings (SSSR count). The van der Waals surface area contributed by atoms with E-state index in [0.717, 1.165) is 24.3 Å². The molecule has 1 aliphatic carbocycles. The van der Waals surface area contributed by atoms with Crippen LogP contribution in [0.3, 0.4) is 0 Å². The molecule has 0 aromatic heterocycles. The molecule has 0 amide bonds. The minimum Gasteiger partial charge on any atom is -0.507 e. The van der Waals surface area contributed by atoms with Gasteiger partial charge in [0.1, 0.15) is 5.76 Å². The van der Waals surface area contributed by atoms with Gasteiger partial charge in [-0.1, -0.05) is 51.1 Å². The second kappa shape index (κ2) is 5.17. The monoisotopic (exact) mass is 244 g/mol. The lowest BCUT2D eigenvalue weighted by Crippen LogP contribution is -2.23. The van der Waals surface area contributed by atoms with Crippen molar-refractivity contribution < 1.29 is 5.11 Å². The maximum atomic E-state index is 10.3. The summed E-state index contributed by atoms with van der Waals surface area (Å²) in [5.74, 6) is 1.30. The van der Waals surface area contributed by atoms with Crippen molar-refractivity contribution in [3.05, 3.63) is 41.5 Å². The van der Waals surface area contributed by atoms with E-state index in [1.807, 2.05) is 30.3 Å². The van der Waals surface area contributed by atoms with Gasteiger partial charge < -0.3 is 5.11 Å². The average Bonchev–Trinajstić information content (AvgIpc) is 2.38. The van der Waals surface area contributed by atoms with Gasteiger partial charge in [-0.2, -0.15) is 0 Å². The lowest BCUT2D eigenvalue weighted by Gasteiger charge is -2.35. The molecule has 1 nitrogen and oxygen atoms in total. The molecule has 1 saturated carbocycles. The van der Waals surface area contributed by atoms with Crippen LogP contribution in [0.15, 0.2) is 35.9 Å². The largest absolute Gasteiger partial charge is 0.507 e. The van der Waals surface area contributed by atoms with Gasteiger partial charge in [0.15, 0.2) is 0 Å². The molecule has 98 valence electrons. The van der Waals surface area contributed by atoms with E-state index in [1.165, 1.54) is 18.4 Å². The van der Waals surface area contributed by atoms with Crippen LogP contribution in [0.4, 0.5) is 0 Å². The summed E-state index contributed by atoms with van der Waals surface area (Å²) in [6, 6.07) is 9.91. The molecule has 0 heterocycles. The van der Waals surface area contributed by atoms with Gasteiger partial charge in [0.25, 0.3) is 0 Å². The molecule has 0 bridgehead atoms. The third kappa shape index (κ3) is 2.95. The molecule has 1 fully saturated rings. The van der Waals surface area contributed by atoms with Crippen molar-refractivity contribution in [1.29, 1.82) is 0 Å². The highest BCUT2D eigenvalue weighted by atomic mass is 16.3. The Labute approximate surface area is 111 Å². The predicted molar refractivity (Wildman–Crippen MR) is 77.4 cm³/mol. The number of aliphatic hydroxyl groups is 1. The first-order chi connectivity index (χ1) is 8.48. The average molecular weight is 244 g/mol. The molecule has 1 heteroatoms. The summed E-state index contributed by atoms with van der Waals surface area (Å²) in [5, 5.41) is 10.3. The standard InChI is InChI=1S/C17H24O/c1-17(2,3)15-11-9-14(10-12-15)16(18)13-7-5-4-6-8-13/h4-8,15,18H,9-12H2,1-3H3. The van der Waals surface area contributed by atoms with Crippen LogP contribution >= 0.6 is 0 Å². The van der Waals surface area contributed by atoms with Crippen molar-refractivity contribution in [2.24, 2.45) is 11.3 Å². The number of hydrogen-bond acceptors (Lipinski definition) is 1. The fourth-order valence-corrected chi connectivity index (χ4v) is 2.87. The molecule has 18 heavy (non-hydrogen) atoms. The summed E-state index contributed by atoms with van der Waals surface area (Å²) >= 11 is 0. The van der Waals surface area contributed by atoms with Gasteiger partial charge in [0.2, 0.25) is 0 Å². The molecule has 0 unspecified atom stereocenters. The molecule has 1 aromatic rings. The molecule has 0 saturated heterocycles. The van der Waals surface area contributed by atoms with E-state index in [0.29, 0.717) is 11.2 Å². The van der Waals surface area contributed by atoms with E-state index in [1.54, 1.807) is 0 Å². The lowest BCUT2D eigenvalue weighted by molar-refractivity contribution is 0.196. The first-order valence-electron chi connectivity index (χ1n) is 6.95. The minimum absolute atomic E-state index is 0.397. The molecular formula is C17H24O. The Balaban J connectivity index is 2.09. The van der Waals surface area contributed by atoms with Crippen molar-refractivity contribution in [2.45, 2.75) is 46.5 Å². The quantitative estimate of drug-likeness (QED) is 0.674. The molecule has 0 spiro atoms. The smallest absolute Gasteiger partial charge is 0.121 e. The number of allylic oxidation sites excluding steroid dienone is 1. The van der Waals surface area contributed by atoms with E-state index >= 15 is 0 Å². The van der Waals surface area contributed by atoms with Crippen LogP contribution in [-0.2, 0) is 0 Å². The topological polar surface area (TPSA) is 20.2 Å². The number of hydrogen-bond donors (Lipinski definition) is 1. The lowest BCUT2D eigenvalue weighted by atomic mass is 9.71. The van der Waals surface area contributed by atoms with Gasteiger partial charge in [0, 0.05) is 5.56 Å². The van der Waals surface area contributed by atoms with E-state index in [9.17, 15) is 5.11 Å². The summed E-state index contributed by atoms with van der Waals surface area (Å²) in [4.78, 5) is 0. The van der Waals surface area contributed by atoms with Gasteiger partial charge in [0.05, 0.1) is 0 Å². The van der Waals surface area contributed by atoms with E-state index in [-0.39, 0.29) is 0 Å². The Hall–Kier alpha value is -1.24. The minimum atomic E-state index is 0.397. The van der Waals surface area contributed by atoms with Crippen LogP contribution in [0.2, 0.25) is 0 Å². The Morgan fingerprint density at radius 3 is 2.11 bits per heavy atom. The molecule has 0 atom stereocenters. The van der Waals surface area contributed by atoms with Gasteiger partial charge >= 0.3 is 0 Å². The van der Waals surface area contributed by atoms with Crippen molar-refractivity contribution in [2.75, 3.05) is 0 Å². The summed E-state index contributed by atoms with van der Waals surface area (Å²) in [6.45, 7) is 6.97. The molecular weight excluding hydrogens is 220 g/mol. The second-order valence-corrected chi connectivity index (χ2v) is 6.46. The zero-order valence-corrected chi connectivity index (χ0v) is 11.7. The molecule has 0 aliphatic heterocycles. The van der Waals surface area contributed by atoms with Crippen LogP contribution in [0.25, 0.3) is 5.76 Å². The number of rotatable bonds is 1. The maximum absolute atomic E-state index is 10.3. The first kappa shape index (κ1) is 13.2. The van der Waals surface area contributed by atoms with Crippen LogP contribution in [-0.4, -0.2) is 5.11 Å². The summed E-state index contributed by atoms with van der Waals surface area (Å²) in [5.41, 5.74) is 2.59.